The van der Waals surface area contributed by atoms with E-state index >= 15 is 0 Å². The fraction of sp³-hybridized carbons (Fsp3) is 0.0455. The molecule has 0 spiro atoms. The molecule has 0 bridgehead atoms. The van der Waals surface area contributed by atoms with Gasteiger partial charge in [-0.2, -0.15) is 0 Å². The van der Waals surface area contributed by atoms with Gasteiger partial charge in [0, 0.05) is 16.5 Å². The minimum Gasteiger partial charge on any atom is -0.496 e. The van der Waals surface area contributed by atoms with Crippen molar-refractivity contribution < 1.29 is 4.74 Å². The van der Waals surface area contributed by atoms with Gasteiger partial charge in [-0.1, -0.05) is 121 Å². The summed E-state index contributed by atoms with van der Waals surface area (Å²) in [6.07, 6.45) is 3.81. The smallest absolute Gasteiger partial charge is 0.128 e. The first-order chi connectivity index (χ1) is 23.1. The van der Waals surface area contributed by atoms with Crippen LogP contribution in [0, 0.1) is 12.3 Å². The Bertz CT molecular complexity index is 2490. The second-order valence-electron chi connectivity index (χ2n) is 11.9. The van der Waals surface area contributed by atoms with Crippen LogP contribution in [0.2, 0.25) is 0 Å². The van der Waals surface area contributed by atoms with Crippen molar-refractivity contribution in [2.24, 2.45) is 0 Å². The Hall–Kier alpha value is -6.06. The van der Waals surface area contributed by atoms with Gasteiger partial charge in [-0.15, -0.1) is 0 Å². The van der Waals surface area contributed by atoms with Crippen LogP contribution in [0.5, 0.6) is 5.75 Å². The average molecular weight is 605 g/mol. The van der Waals surface area contributed by atoms with E-state index in [0.717, 1.165) is 38.9 Å². The molecule has 3 nitrogen and oxygen atoms in total. The summed E-state index contributed by atoms with van der Waals surface area (Å²) in [7, 11) is 1.63. The van der Waals surface area contributed by atoms with Gasteiger partial charge in [-0.3, -0.25) is 0 Å². The molecule has 8 aromatic rings. The third-order valence-electron chi connectivity index (χ3n) is 9.24. The number of hydrogen-bond acceptors (Lipinski definition) is 3. The van der Waals surface area contributed by atoms with E-state index in [1.807, 2.05) is 36.4 Å². The lowest BCUT2D eigenvalue weighted by Crippen LogP contribution is -1.98. The second-order valence-corrected chi connectivity index (χ2v) is 11.9. The number of methoxy groups -OCH3 is 1. The third kappa shape index (κ3) is 5.03. The van der Waals surface area contributed by atoms with E-state index in [0.29, 0.717) is 11.5 Å². The molecule has 47 heavy (non-hydrogen) atoms. The molecule has 3 heteroatoms. The van der Waals surface area contributed by atoms with Crippen LogP contribution in [0.25, 0.3) is 71.7 Å². The van der Waals surface area contributed by atoms with E-state index in [1.54, 1.807) is 7.11 Å². The summed E-state index contributed by atoms with van der Waals surface area (Å²) in [5, 5.41) is 17.4. The number of rotatable bonds is 6. The Labute approximate surface area is 273 Å². The maximum Gasteiger partial charge on any atom is 0.128 e. The molecule has 7 aromatic carbocycles. The van der Waals surface area contributed by atoms with Crippen LogP contribution in [0.15, 0.2) is 146 Å². The van der Waals surface area contributed by atoms with E-state index in [-0.39, 0.29) is 0 Å². The molecule has 0 unspecified atom stereocenters. The Morgan fingerprint density at radius 1 is 0.596 bits per heavy atom. The molecule has 0 radical (unpaired) electrons. The van der Waals surface area contributed by atoms with E-state index in [2.05, 4.69) is 122 Å². The molecule has 0 aliphatic heterocycles. The molecule has 0 aliphatic carbocycles. The van der Waals surface area contributed by atoms with E-state index in [1.165, 1.54) is 43.4 Å². The van der Waals surface area contributed by atoms with Crippen molar-refractivity contribution in [2.75, 3.05) is 7.11 Å². The first-order valence-electron chi connectivity index (χ1n) is 15.8. The molecule has 1 N–H and O–H groups in total. The minimum atomic E-state index is 0.400. The van der Waals surface area contributed by atoms with Crippen molar-refractivity contribution in [3.8, 4) is 28.1 Å². The maximum absolute atomic E-state index is 8.61. The number of nitrogens with one attached hydrogen (secondary N) is 1. The van der Waals surface area contributed by atoms with Gasteiger partial charge in [0.2, 0.25) is 0 Å². The molecule has 0 amide bonds. The fourth-order valence-corrected chi connectivity index (χ4v) is 6.74. The first-order valence-corrected chi connectivity index (χ1v) is 15.8. The number of para-hydroxylation sites is 1. The molecule has 0 saturated carbocycles. The topological polar surface area (TPSA) is 46.0 Å². The molecular formula is C44H32N2O. The van der Waals surface area contributed by atoms with Crippen molar-refractivity contribution in [1.82, 2.24) is 4.98 Å². The third-order valence-corrected chi connectivity index (χ3v) is 9.24. The highest BCUT2D eigenvalue weighted by Gasteiger charge is 2.11. The van der Waals surface area contributed by atoms with Gasteiger partial charge in [-0.05, 0) is 91.8 Å². The molecule has 1 aromatic heterocycles. The number of fused-ring (bicyclic) bond motifs is 7. The summed E-state index contributed by atoms with van der Waals surface area (Å²) < 4.78 is 5.45. The summed E-state index contributed by atoms with van der Waals surface area (Å²) >= 11 is 0. The highest BCUT2D eigenvalue weighted by molar-refractivity contribution is 6.25. The summed E-state index contributed by atoms with van der Waals surface area (Å²) in [6, 6.07) is 49.0. The molecule has 1 heterocycles. The van der Waals surface area contributed by atoms with E-state index < -0.39 is 0 Å². The molecular weight excluding hydrogens is 572 g/mol. The van der Waals surface area contributed by atoms with Gasteiger partial charge in [0.1, 0.15) is 5.75 Å². The molecule has 0 atom stereocenters. The van der Waals surface area contributed by atoms with Crippen molar-refractivity contribution >= 4 is 55.0 Å². The SMILES string of the molecule is COc1ccccc1C(=N)/C=C\c1ccc2ccc(-c3ccc(-c4ccc5c6ccccc6c6ccccc6c5c4)cc3)nc2c1C. The molecule has 0 saturated heterocycles. The Morgan fingerprint density at radius 3 is 1.87 bits per heavy atom. The van der Waals surface area contributed by atoms with Crippen LogP contribution < -0.4 is 4.74 Å². The number of ether oxygens (including phenoxy) is 1. The van der Waals surface area contributed by atoms with Crippen LogP contribution in [0.3, 0.4) is 0 Å². The van der Waals surface area contributed by atoms with E-state index in [9.17, 15) is 0 Å². The number of benzene rings is 7. The highest BCUT2D eigenvalue weighted by Crippen LogP contribution is 2.37. The quantitative estimate of drug-likeness (QED) is 0.152. The normalized spacial score (nSPS) is 11.6. The number of nitrogens with zero attached hydrogens (tertiary/aromatic N) is 1. The lowest BCUT2D eigenvalue weighted by molar-refractivity contribution is 0.414. The van der Waals surface area contributed by atoms with E-state index in [4.69, 9.17) is 15.1 Å². The van der Waals surface area contributed by atoms with Crippen LogP contribution in [0.1, 0.15) is 16.7 Å². The first kappa shape index (κ1) is 28.4. The van der Waals surface area contributed by atoms with Crippen LogP contribution in [-0.2, 0) is 0 Å². The predicted molar refractivity (Wildman–Crippen MR) is 199 cm³/mol. The standard InChI is InChI=1S/C44H32N2O/c1-28-29(22-25-41(45)39-13-7-8-14-43(39)47-2)15-20-32-23-26-42(46-44(28)32)31-18-16-30(17-19-31)33-21-24-38-36-11-4-3-9-34(36)35-10-5-6-12-37(35)40(38)27-33/h3-27,45H,1-2H3/b25-22-,45-41?. The summed E-state index contributed by atoms with van der Waals surface area (Å²) in [4.78, 5) is 5.12. The number of allylic oxidation sites excluding steroid dienone is 1. The Balaban J connectivity index is 1.12. The average Bonchev–Trinajstić information content (AvgIpc) is 3.14. The van der Waals surface area contributed by atoms with Gasteiger partial charge < -0.3 is 10.1 Å². The summed E-state index contributed by atoms with van der Waals surface area (Å²) in [5.74, 6) is 0.692. The zero-order valence-electron chi connectivity index (χ0n) is 26.3. The van der Waals surface area contributed by atoms with Gasteiger partial charge in [0.25, 0.3) is 0 Å². The molecule has 8 rings (SSSR count). The number of aromatic nitrogens is 1. The van der Waals surface area contributed by atoms with Gasteiger partial charge in [-0.25, -0.2) is 4.98 Å². The second kappa shape index (κ2) is 11.7. The molecule has 0 aliphatic rings. The van der Waals surface area contributed by atoms with Crippen molar-refractivity contribution in [2.45, 2.75) is 6.92 Å². The van der Waals surface area contributed by atoms with Gasteiger partial charge >= 0.3 is 0 Å². The zero-order valence-corrected chi connectivity index (χ0v) is 26.3. The largest absolute Gasteiger partial charge is 0.496 e. The molecule has 0 fully saturated rings. The zero-order chi connectivity index (χ0) is 31.9. The number of pyridine rings is 1. The monoisotopic (exact) mass is 604 g/mol. The Kier molecular flexibility index (Phi) is 7.08. The number of aryl methyl sites for hydroxylation is 1. The van der Waals surface area contributed by atoms with Crippen LogP contribution >= 0.6 is 0 Å². The predicted octanol–water partition coefficient (Wildman–Crippen LogP) is 11.4. The van der Waals surface area contributed by atoms with Gasteiger partial charge in [0.05, 0.1) is 24.0 Å². The highest BCUT2D eigenvalue weighted by atomic mass is 16.5. The van der Waals surface area contributed by atoms with Gasteiger partial charge in [0.15, 0.2) is 0 Å². The van der Waals surface area contributed by atoms with Crippen molar-refractivity contribution in [3.05, 3.63) is 162 Å². The van der Waals surface area contributed by atoms with Crippen molar-refractivity contribution in [1.29, 1.82) is 5.41 Å². The van der Waals surface area contributed by atoms with Crippen molar-refractivity contribution in [3.63, 3.8) is 0 Å². The summed E-state index contributed by atoms with van der Waals surface area (Å²) in [5.41, 5.74) is 8.63. The van der Waals surface area contributed by atoms with Crippen LogP contribution in [-0.4, -0.2) is 17.8 Å². The number of hydrogen-bond donors (Lipinski definition) is 1. The summed E-state index contributed by atoms with van der Waals surface area (Å²) in [6.45, 7) is 2.10. The Morgan fingerprint density at radius 2 is 1.17 bits per heavy atom. The lowest BCUT2D eigenvalue weighted by Gasteiger charge is -2.12. The van der Waals surface area contributed by atoms with Crippen LogP contribution in [0.4, 0.5) is 0 Å². The minimum absolute atomic E-state index is 0.400. The molecule has 224 valence electrons. The lowest BCUT2D eigenvalue weighted by atomic mass is 9.92. The maximum atomic E-state index is 8.61. The fourth-order valence-electron chi connectivity index (χ4n) is 6.74.